The molecule has 0 spiro atoms. The second-order valence-electron chi connectivity index (χ2n) is 16.1. The first-order valence-corrected chi connectivity index (χ1v) is 20.4. The molecule has 1 saturated heterocycles. The van der Waals surface area contributed by atoms with Gasteiger partial charge in [-0.3, -0.25) is 38.4 Å². The number of primary amides is 1. The highest BCUT2D eigenvalue weighted by Crippen LogP contribution is 2.28. The van der Waals surface area contributed by atoms with Crippen LogP contribution in [0.2, 0.25) is 0 Å². The normalized spacial score (nSPS) is 18.1. The predicted octanol–water partition coefficient (Wildman–Crippen LogP) is 0.848. The number of hydrogen-bond acceptors (Lipinski definition) is 9. The molecule has 1 aromatic carbocycles. The lowest BCUT2D eigenvalue weighted by atomic mass is 9.84. The summed E-state index contributed by atoms with van der Waals surface area (Å²) in [4.78, 5) is 120. The highest BCUT2D eigenvalue weighted by Gasteiger charge is 2.41. The van der Waals surface area contributed by atoms with Gasteiger partial charge in [0.15, 0.2) is 0 Å². The zero-order chi connectivity index (χ0) is 43.8. The average Bonchev–Trinajstić information content (AvgIpc) is 3.67. The monoisotopic (exact) mass is 827 g/mol. The Balaban J connectivity index is 1.85. The Kier molecular flexibility index (Phi) is 18.8. The van der Waals surface area contributed by atoms with Gasteiger partial charge in [-0.2, -0.15) is 0 Å². The minimum absolute atomic E-state index is 0.0161. The summed E-state index contributed by atoms with van der Waals surface area (Å²) in [5.74, 6) is -7.83. The lowest BCUT2D eigenvalue weighted by molar-refractivity contribution is -0.149. The molecular weight excluding hydrogens is 766 g/mol. The minimum atomic E-state index is -1.64. The van der Waals surface area contributed by atoms with Crippen molar-refractivity contribution in [1.82, 2.24) is 31.1 Å². The van der Waals surface area contributed by atoms with E-state index < -0.39 is 96.0 Å². The lowest BCUT2D eigenvalue weighted by Crippen LogP contribution is -2.60. The standard InChI is InChI=1S/C41H61N7O11/c1-24(2)20-29(40(57)48-19-11-16-32(48)37(54)46-31(41(58)59)22-27-14-9-6-10-15-27)45-38(55)33(23-35(51)52)47(4)39(56)30(21-26-12-7-5-8-13-26)44-36(53)28(43-25(3)49)17-18-34(42)50/h6,9-10,14-15,24,26,28-33H,5,7-8,11-13,16-23H2,1-4H3,(H2,42,50)(H,43,49)(H,44,53)(H,45,55)(H,46,54)(H,51,52)(H,58,59)/t28-,29-,30-,31-,32-,33-/m0/s1. The molecule has 6 atom stereocenters. The largest absolute Gasteiger partial charge is 0.481 e. The van der Waals surface area contributed by atoms with Gasteiger partial charge in [0.25, 0.3) is 0 Å². The van der Waals surface area contributed by atoms with Crippen LogP contribution in [0.25, 0.3) is 0 Å². The van der Waals surface area contributed by atoms with E-state index in [0.717, 1.165) is 37.0 Å². The fourth-order valence-electron chi connectivity index (χ4n) is 7.80. The molecule has 2 aliphatic rings. The van der Waals surface area contributed by atoms with Crippen LogP contribution in [0.1, 0.15) is 103 Å². The van der Waals surface area contributed by atoms with Crippen LogP contribution in [0.5, 0.6) is 0 Å². The smallest absolute Gasteiger partial charge is 0.326 e. The summed E-state index contributed by atoms with van der Waals surface area (Å²) < 4.78 is 0. The fraction of sp³-hybridized carbons (Fsp3) is 0.634. The molecule has 0 unspecified atom stereocenters. The molecule has 1 aliphatic heterocycles. The van der Waals surface area contributed by atoms with Crippen LogP contribution in [-0.4, -0.2) is 123 Å². The van der Waals surface area contributed by atoms with Crippen molar-refractivity contribution in [1.29, 1.82) is 0 Å². The summed E-state index contributed by atoms with van der Waals surface area (Å²) in [5, 5.41) is 30.1. The molecule has 1 saturated carbocycles. The van der Waals surface area contributed by atoms with Crippen molar-refractivity contribution in [3.8, 4) is 0 Å². The van der Waals surface area contributed by atoms with E-state index in [1.807, 2.05) is 13.8 Å². The first kappa shape index (κ1) is 47.8. The Morgan fingerprint density at radius 1 is 0.814 bits per heavy atom. The number of amides is 7. The highest BCUT2D eigenvalue weighted by atomic mass is 16.4. The molecule has 18 heteroatoms. The Labute approximate surface area is 344 Å². The van der Waals surface area contributed by atoms with Gasteiger partial charge in [0.2, 0.25) is 41.4 Å². The van der Waals surface area contributed by atoms with Crippen LogP contribution in [0.4, 0.5) is 0 Å². The van der Waals surface area contributed by atoms with Crippen LogP contribution in [-0.2, 0) is 49.6 Å². The van der Waals surface area contributed by atoms with Gasteiger partial charge in [-0.1, -0.05) is 76.3 Å². The summed E-state index contributed by atoms with van der Waals surface area (Å²) >= 11 is 0. The summed E-state index contributed by atoms with van der Waals surface area (Å²) in [6.45, 7) is 4.96. The molecule has 18 nitrogen and oxygen atoms in total. The number of nitrogens with zero attached hydrogens (tertiary/aromatic N) is 2. The van der Waals surface area contributed by atoms with E-state index in [2.05, 4.69) is 21.3 Å². The number of rotatable bonds is 22. The van der Waals surface area contributed by atoms with Crippen molar-refractivity contribution in [2.24, 2.45) is 17.6 Å². The molecule has 59 heavy (non-hydrogen) atoms. The molecule has 1 heterocycles. The maximum Gasteiger partial charge on any atom is 0.326 e. The quantitative estimate of drug-likeness (QED) is 0.0861. The van der Waals surface area contributed by atoms with Gasteiger partial charge in [0.05, 0.1) is 6.42 Å². The van der Waals surface area contributed by atoms with Crippen LogP contribution in [0, 0.1) is 11.8 Å². The molecular formula is C41H61N7O11. The Morgan fingerprint density at radius 3 is 2.03 bits per heavy atom. The van der Waals surface area contributed by atoms with Crippen molar-refractivity contribution in [2.75, 3.05) is 13.6 Å². The summed E-state index contributed by atoms with van der Waals surface area (Å²) in [7, 11) is 1.24. The number of carboxylic acid groups (broad SMARTS) is 2. The number of nitrogens with two attached hydrogens (primary N) is 1. The Hall–Kier alpha value is -5.55. The number of aliphatic carboxylic acids is 2. The average molecular weight is 828 g/mol. The molecule has 7 amide bonds. The molecule has 0 bridgehead atoms. The van der Waals surface area contributed by atoms with Crippen molar-refractivity contribution in [3.63, 3.8) is 0 Å². The highest BCUT2D eigenvalue weighted by molar-refractivity contribution is 5.98. The third-order valence-electron chi connectivity index (χ3n) is 10.8. The summed E-state index contributed by atoms with van der Waals surface area (Å²) in [6.07, 6.45) is 4.12. The molecule has 1 aromatic rings. The number of likely N-dealkylation sites (tertiary alicyclic amines) is 1. The fourth-order valence-corrected chi connectivity index (χ4v) is 7.80. The third-order valence-corrected chi connectivity index (χ3v) is 10.8. The number of likely N-dealkylation sites (N-methyl/N-ethyl adjacent to an activating group) is 1. The van der Waals surface area contributed by atoms with Crippen molar-refractivity contribution >= 4 is 53.3 Å². The van der Waals surface area contributed by atoms with Gasteiger partial charge in [0, 0.05) is 33.4 Å². The van der Waals surface area contributed by atoms with E-state index in [-0.39, 0.29) is 56.9 Å². The van der Waals surface area contributed by atoms with E-state index in [1.165, 1.54) is 18.9 Å². The SMILES string of the molecule is CC(=O)N[C@@H](CCC(N)=O)C(=O)N[C@@H](CC1CCCCC1)C(=O)N(C)[C@@H](CC(=O)O)C(=O)N[C@@H](CC(C)C)C(=O)N1CCC[C@H]1C(=O)N[C@@H](Cc1ccccc1)C(=O)O. The molecule has 0 radical (unpaired) electrons. The first-order chi connectivity index (χ1) is 27.9. The molecule has 0 aromatic heterocycles. The van der Waals surface area contributed by atoms with Gasteiger partial charge in [-0.15, -0.1) is 0 Å². The lowest BCUT2D eigenvalue weighted by Gasteiger charge is -2.34. The number of carbonyl (C=O) groups excluding carboxylic acids is 7. The van der Waals surface area contributed by atoms with Crippen LogP contribution >= 0.6 is 0 Å². The van der Waals surface area contributed by atoms with Crippen LogP contribution in [0.3, 0.4) is 0 Å². The van der Waals surface area contributed by atoms with E-state index in [0.29, 0.717) is 12.0 Å². The Morgan fingerprint density at radius 2 is 1.46 bits per heavy atom. The zero-order valence-electron chi connectivity index (χ0n) is 34.4. The molecule has 3 rings (SSSR count). The summed E-state index contributed by atoms with van der Waals surface area (Å²) in [6, 6.07) is 1.14. The zero-order valence-corrected chi connectivity index (χ0v) is 34.4. The van der Waals surface area contributed by atoms with Gasteiger partial charge >= 0.3 is 11.9 Å². The first-order valence-electron chi connectivity index (χ1n) is 20.4. The second kappa shape index (κ2) is 23.1. The minimum Gasteiger partial charge on any atom is -0.481 e. The predicted molar refractivity (Wildman–Crippen MR) is 214 cm³/mol. The van der Waals surface area contributed by atoms with Gasteiger partial charge in [0.1, 0.15) is 36.3 Å². The number of carbonyl (C=O) groups is 9. The van der Waals surface area contributed by atoms with Crippen molar-refractivity contribution in [2.45, 2.75) is 140 Å². The third kappa shape index (κ3) is 15.3. The number of hydrogen-bond donors (Lipinski definition) is 7. The van der Waals surface area contributed by atoms with E-state index >= 15 is 0 Å². The maximum atomic E-state index is 14.3. The van der Waals surface area contributed by atoms with E-state index in [9.17, 15) is 53.4 Å². The van der Waals surface area contributed by atoms with E-state index in [1.54, 1.807) is 30.3 Å². The molecule has 2 fully saturated rings. The van der Waals surface area contributed by atoms with Crippen LogP contribution < -0.4 is 27.0 Å². The van der Waals surface area contributed by atoms with Crippen molar-refractivity contribution in [3.05, 3.63) is 35.9 Å². The van der Waals surface area contributed by atoms with E-state index in [4.69, 9.17) is 5.73 Å². The van der Waals surface area contributed by atoms with Gasteiger partial charge in [-0.05, 0) is 49.5 Å². The summed E-state index contributed by atoms with van der Waals surface area (Å²) in [5.41, 5.74) is 5.97. The number of benzene rings is 1. The second-order valence-corrected chi connectivity index (χ2v) is 16.1. The number of nitrogens with one attached hydrogen (secondary N) is 4. The Bertz CT molecular complexity index is 1670. The van der Waals surface area contributed by atoms with Gasteiger partial charge in [-0.25, -0.2) is 4.79 Å². The maximum absolute atomic E-state index is 14.3. The molecule has 326 valence electrons. The van der Waals surface area contributed by atoms with Crippen LogP contribution in [0.15, 0.2) is 30.3 Å². The topological polar surface area (TPSA) is 275 Å². The molecule has 1 aliphatic carbocycles. The molecule has 8 N–H and O–H groups in total. The van der Waals surface area contributed by atoms with Crippen molar-refractivity contribution < 1.29 is 53.4 Å². The van der Waals surface area contributed by atoms with Gasteiger partial charge < -0.3 is 47.0 Å². The number of carboxylic acids is 2.